The number of hydrogen-bond donors (Lipinski definition) is 2. The van der Waals surface area contributed by atoms with E-state index in [0.717, 1.165) is 27.4 Å². The summed E-state index contributed by atoms with van der Waals surface area (Å²) in [6.07, 6.45) is 4.70. The van der Waals surface area contributed by atoms with Crippen molar-refractivity contribution in [1.82, 2.24) is 15.0 Å². The van der Waals surface area contributed by atoms with Gasteiger partial charge in [0, 0.05) is 41.2 Å². The van der Waals surface area contributed by atoms with Crippen LogP contribution in [0, 0.1) is 0 Å². The van der Waals surface area contributed by atoms with Crippen LogP contribution in [0.3, 0.4) is 0 Å². The predicted octanol–water partition coefficient (Wildman–Crippen LogP) is 3.86. The molecule has 3 aromatic heterocycles. The Morgan fingerprint density at radius 3 is 2.88 bits per heavy atom. The summed E-state index contributed by atoms with van der Waals surface area (Å²) in [5.74, 6) is 1.20. The van der Waals surface area contributed by atoms with E-state index < -0.39 is 0 Å². The lowest BCUT2D eigenvalue weighted by molar-refractivity contribution is 0.185. The fourth-order valence-electron chi connectivity index (χ4n) is 3.00. The van der Waals surface area contributed by atoms with E-state index in [2.05, 4.69) is 20.1 Å². The Kier molecular flexibility index (Phi) is 4.20. The molecule has 1 aromatic carbocycles. The Hall–Kier alpha value is -3.45. The molecule has 26 heavy (non-hydrogen) atoms. The van der Waals surface area contributed by atoms with Gasteiger partial charge in [0.1, 0.15) is 5.75 Å². The molecule has 4 aromatic rings. The largest absolute Gasteiger partial charge is 0.439 e. The number of nitrogens with one attached hydrogen (secondary N) is 1. The molecule has 7 nitrogen and oxygen atoms in total. The number of ether oxygens (including phenoxy) is 2. The van der Waals surface area contributed by atoms with Gasteiger partial charge in [-0.25, -0.2) is 4.98 Å². The van der Waals surface area contributed by atoms with E-state index in [0.29, 0.717) is 23.9 Å². The van der Waals surface area contributed by atoms with Crippen LogP contribution in [0.25, 0.3) is 21.8 Å². The van der Waals surface area contributed by atoms with E-state index in [9.17, 15) is 0 Å². The SMILES string of the molecule is COCc1c(/C=N\O)ncc2[nH]c3ccc(Oc4ccccn4)cc3c12. The Morgan fingerprint density at radius 1 is 1.19 bits per heavy atom. The molecule has 0 atom stereocenters. The number of pyridine rings is 2. The number of fused-ring (bicyclic) bond motifs is 3. The van der Waals surface area contributed by atoms with Gasteiger partial charge in [-0.3, -0.25) is 4.98 Å². The first-order chi connectivity index (χ1) is 12.8. The van der Waals surface area contributed by atoms with Gasteiger partial charge in [0.2, 0.25) is 5.88 Å². The van der Waals surface area contributed by atoms with Crippen LogP contribution in [0.2, 0.25) is 0 Å². The van der Waals surface area contributed by atoms with E-state index in [-0.39, 0.29) is 0 Å². The highest BCUT2D eigenvalue weighted by Crippen LogP contribution is 2.33. The minimum Gasteiger partial charge on any atom is -0.439 e. The van der Waals surface area contributed by atoms with Gasteiger partial charge in [-0.1, -0.05) is 11.2 Å². The Morgan fingerprint density at radius 2 is 2.12 bits per heavy atom. The Balaban J connectivity index is 1.90. The molecule has 7 heteroatoms. The van der Waals surface area contributed by atoms with Crippen molar-refractivity contribution in [1.29, 1.82) is 0 Å². The molecule has 0 spiro atoms. The van der Waals surface area contributed by atoms with E-state index in [1.54, 1.807) is 25.6 Å². The summed E-state index contributed by atoms with van der Waals surface area (Å²) in [4.78, 5) is 11.9. The number of oxime groups is 1. The highest BCUT2D eigenvalue weighted by molar-refractivity contribution is 6.10. The summed E-state index contributed by atoms with van der Waals surface area (Å²) in [6, 6.07) is 11.3. The zero-order valence-electron chi connectivity index (χ0n) is 14.0. The molecule has 0 aliphatic carbocycles. The molecule has 0 amide bonds. The van der Waals surface area contributed by atoms with Gasteiger partial charge < -0.3 is 19.7 Å². The summed E-state index contributed by atoms with van der Waals surface area (Å²) < 4.78 is 11.2. The lowest BCUT2D eigenvalue weighted by Crippen LogP contribution is -1.99. The van der Waals surface area contributed by atoms with Crippen molar-refractivity contribution < 1.29 is 14.7 Å². The summed E-state index contributed by atoms with van der Waals surface area (Å²) in [6.45, 7) is 0.337. The van der Waals surface area contributed by atoms with E-state index in [1.807, 2.05) is 30.3 Å². The summed E-state index contributed by atoms with van der Waals surface area (Å²) in [7, 11) is 1.61. The summed E-state index contributed by atoms with van der Waals surface area (Å²) in [5, 5.41) is 13.9. The molecule has 0 unspecified atom stereocenters. The van der Waals surface area contributed by atoms with E-state index in [4.69, 9.17) is 14.7 Å². The van der Waals surface area contributed by atoms with Gasteiger partial charge in [-0.05, 0) is 24.3 Å². The zero-order valence-corrected chi connectivity index (χ0v) is 14.0. The number of rotatable bonds is 5. The molecule has 3 heterocycles. The highest BCUT2D eigenvalue weighted by Gasteiger charge is 2.14. The number of aromatic nitrogens is 3. The number of H-pyrrole nitrogens is 1. The van der Waals surface area contributed by atoms with Crippen LogP contribution in [-0.4, -0.2) is 33.5 Å². The van der Waals surface area contributed by atoms with Crippen LogP contribution in [-0.2, 0) is 11.3 Å². The molecule has 2 N–H and O–H groups in total. The normalized spacial score (nSPS) is 11.6. The van der Waals surface area contributed by atoms with Gasteiger partial charge in [-0.2, -0.15) is 0 Å². The van der Waals surface area contributed by atoms with Gasteiger partial charge in [0.05, 0.1) is 30.2 Å². The molecular formula is C19H16N4O3. The van der Waals surface area contributed by atoms with E-state index >= 15 is 0 Å². The molecule has 0 fully saturated rings. The standard InChI is InChI=1S/C19H16N4O3/c1-25-11-14-16(10-22-24)21-9-17-19(14)13-8-12(5-6-15(13)23-17)26-18-4-2-3-7-20-18/h2-10,23-24H,11H2,1H3/b22-10-. The van der Waals surface area contributed by atoms with E-state index in [1.165, 1.54) is 6.21 Å². The minimum atomic E-state index is 0.337. The van der Waals surface area contributed by atoms with Crippen LogP contribution in [0.15, 0.2) is 53.9 Å². The van der Waals surface area contributed by atoms with Crippen molar-refractivity contribution in [2.45, 2.75) is 6.61 Å². The Bertz CT molecular complexity index is 1090. The maximum Gasteiger partial charge on any atom is 0.219 e. The average molecular weight is 348 g/mol. The third kappa shape index (κ3) is 2.84. The first-order valence-corrected chi connectivity index (χ1v) is 7.98. The van der Waals surface area contributed by atoms with Gasteiger partial charge in [-0.15, -0.1) is 0 Å². The van der Waals surface area contributed by atoms with Crippen LogP contribution in [0.5, 0.6) is 11.6 Å². The quantitative estimate of drug-likeness (QED) is 0.324. The molecule has 0 radical (unpaired) electrons. The topological polar surface area (TPSA) is 92.6 Å². The first-order valence-electron chi connectivity index (χ1n) is 7.98. The number of methoxy groups -OCH3 is 1. The van der Waals surface area contributed by atoms with Gasteiger partial charge >= 0.3 is 0 Å². The lowest BCUT2D eigenvalue weighted by atomic mass is 10.1. The molecule has 130 valence electrons. The van der Waals surface area contributed by atoms with Crippen molar-refractivity contribution in [3.63, 3.8) is 0 Å². The zero-order chi connectivity index (χ0) is 17.9. The number of benzene rings is 1. The number of hydrogen-bond acceptors (Lipinski definition) is 6. The van der Waals surface area contributed by atoms with Crippen LogP contribution >= 0.6 is 0 Å². The van der Waals surface area contributed by atoms with Gasteiger partial charge in [0.15, 0.2) is 0 Å². The third-order valence-electron chi connectivity index (χ3n) is 4.07. The van der Waals surface area contributed by atoms with Crippen molar-refractivity contribution in [3.05, 3.63) is 60.0 Å². The Labute approximate surface area is 148 Å². The maximum atomic E-state index is 8.91. The molecule has 0 saturated carbocycles. The summed E-state index contributed by atoms with van der Waals surface area (Å²) in [5.41, 5.74) is 3.21. The van der Waals surface area contributed by atoms with Crippen LogP contribution in [0.1, 0.15) is 11.3 Å². The molecular weight excluding hydrogens is 332 g/mol. The fraction of sp³-hybridized carbons (Fsp3) is 0.105. The highest BCUT2D eigenvalue weighted by atomic mass is 16.5. The lowest BCUT2D eigenvalue weighted by Gasteiger charge is -2.07. The summed E-state index contributed by atoms with van der Waals surface area (Å²) >= 11 is 0. The number of aromatic amines is 1. The molecule has 4 rings (SSSR count). The molecule has 0 aliphatic heterocycles. The molecule has 0 aliphatic rings. The van der Waals surface area contributed by atoms with Crippen molar-refractivity contribution >= 4 is 28.0 Å². The smallest absolute Gasteiger partial charge is 0.219 e. The maximum absolute atomic E-state index is 8.91. The second-order valence-corrected chi connectivity index (χ2v) is 5.69. The van der Waals surface area contributed by atoms with Crippen molar-refractivity contribution in [2.75, 3.05) is 7.11 Å². The van der Waals surface area contributed by atoms with Crippen LogP contribution in [0.4, 0.5) is 0 Å². The first kappa shape index (κ1) is 16.0. The molecule has 0 saturated heterocycles. The predicted molar refractivity (Wildman–Crippen MR) is 98.0 cm³/mol. The van der Waals surface area contributed by atoms with Crippen molar-refractivity contribution in [2.24, 2.45) is 5.16 Å². The third-order valence-corrected chi connectivity index (χ3v) is 4.07. The second kappa shape index (κ2) is 6.81. The monoisotopic (exact) mass is 348 g/mol. The van der Waals surface area contributed by atoms with Crippen molar-refractivity contribution in [3.8, 4) is 11.6 Å². The fourth-order valence-corrected chi connectivity index (χ4v) is 3.00. The second-order valence-electron chi connectivity index (χ2n) is 5.69. The molecule has 0 bridgehead atoms. The van der Waals surface area contributed by atoms with Crippen LogP contribution < -0.4 is 4.74 Å². The number of nitrogens with zero attached hydrogens (tertiary/aromatic N) is 3. The average Bonchev–Trinajstić information content (AvgIpc) is 3.03. The van der Waals surface area contributed by atoms with Gasteiger partial charge in [0.25, 0.3) is 0 Å². The minimum absolute atomic E-state index is 0.337.